The summed E-state index contributed by atoms with van der Waals surface area (Å²) in [7, 11) is 0. The van der Waals surface area contributed by atoms with Crippen molar-refractivity contribution in [1.29, 1.82) is 0 Å². The minimum atomic E-state index is -2.59. The van der Waals surface area contributed by atoms with E-state index in [1.165, 1.54) is 0 Å². The molecule has 0 aliphatic carbocycles. The monoisotopic (exact) mass is 264 g/mol. The van der Waals surface area contributed by atoms with E-state index in [0.29, 0.717) is 6.16 Å². The van der Waals surface area contributed by atoms with Crippen LogP contribution in [-0.2, 0) is 0 Å². The van der Waals surface area contributed by atoms with Gasteiger partial charge in [0.05, 0.1) is 0 Å². The molecule has 0 aromatic rings. The van der Waals surface area contributed by atoms with Crippen LogP contribution >= 0.6 is 6.83 Å². The Morgan fingerprint density at radius 1 is 0.706 bits per heavy atom. The predicted molar refractivity (Wildman–Crippen MR) is 80.4 cm³/mol. The van der Waals surface area contributed by atoms with E-state index in [9.17, 15) is 10.00 Å². The van der Waals surface area contributed by atoms with Crippen molar-refractivity contribution < 1.29 is 10.00 Å². The zero-order valence-electron chi connectivity index (χ0n) is 12.1. The Labute approximate surface area is 108 Å². The molecule has 0 fully saturated rings. The number of hydrogen-bond donors (Lipinski definition) is 2. The van der Waals surface area contributed by atoms with Crippen molar-refractivity contribution in [2.75, 3.05) is 31.3 Å². The van der Waals surface area contributed by atoms with Crippen LogP contribution < -0.4 is 0 Å². The molecule has 0 heterocycles. The first-order chi connectivity index (χ1) is 8.04. The van der Waals surface area contributed by atoms with Crippen molar-refractivity contribution in [2.24, 2.45) is 0 Å². The molecule has 0 atom stereocenters. The molecule has 17 heavy (non-hydrogen) atoms. The number of hydrogen-bond acceptors (Lipinski definition) is 2. The average Bonchev–Trinajstić information content (AvgIpc) is 2.33. The second-order valence-electron chi connectivity index (χ2n) is 5.59. The van der Waals surface area contributed by atoms with Crippen LogP contribution in [0.3, 0.4) is 0 Å². The standard InChI is InChI=1S/C14H33O2P/c1-4-7-11-17(16,14-10-15,12-8-5-2)13-9-6-3/h15-16H,4-14H2,1-3H3. The Morgan fingerprint density at radius 3 is 1.29 bits per heavy atom. The van der Waals surface area contributed by atoms with Gasteiger partial charge in [0.1, 0.15) is 0 Å². The van der Waals surface area contributed by atoms with Crippen LogP contribution in [0.25, 0.3) is 0 Å². The molecule has 0 amide bonds. The van der Waals surface area contributed by atoms with Crippen molar-refractivity contribution >= 4 is 6.83 Å². The average molecular weight is 264 g/mol. The van der Waals surface area contributed by atoms with E-state index in [4.69, 9.17) is 0 Å². The first kappa shape index (κ1) is 17.4. The van der Waals surface area contributed by atoms with Gasteiger partial charge >= 0.3 is 107 Å². The fraction of sp³-hybridized carbons (Fsp3) is 1.00. The molecule has 0 aliphatic rings. The summed E-state index contributed by atoms with van der Waals surface area (Å²) in [6.07, 6.45) is 10.4. The van der Waals surface area contributed by atoms with Gasteiger partial charge in [0.2, 0.25) is 0 Å². The van der Waals surface area contributed by atoms with E-state index in [0.717, 1.165) is 57.0 Å². The Kier molecular flexibility index (Phi) is 8.63. The van der Waals surface area contributed by atoms with E-state index in [-0.39, 0.29) is 6.61 Å². The third kappa shape index (κ3) is 6.18. The predicted octanol–water partition coefficient (Wildman–Crippen LogP) is 3.84. The first-order valence-corrected chi connectivity index (χ1v) is 10.3. The van der Waals surface area contributed by atoms with Crippen LogP contribution in [0.2, 0.25) is 0 Å². The molecule has 0 saturated heterocycles. The molecule has 0 bridgehead atoms. The van der Waals surface area contributed by atoms with Crippen molar-refractivity contribution in [3.05, 3.63) is 0 Å². The molecule has 0 rings (SSSR count). The summed E-state index contributed by atoms with van der Waals surface area (Å²) >= 11 is 0. The number of unbranched alkanes of at least 4 members (excludes halogenated alkanes) is 3. The Balaban J connectivity index is 4.76. The van der Waals surface area contributed by atoms with Gasteiger partial charge in [0.15, 0.2) is 0 Å². The van der Waals surface area contributed by atoms with Gasteiger partial charge in [-0.1, -0.05) is 0 Å². The number of aliphatic hydroxyl groups excluding tert-OH is 1. The zero-order chi connectivity index (χ0) is 13.2. The van der Waals surface area contributed by atoms with Crippen LogP contribution in [0, 0.1) is 0 Å². The van der Waals surface area contributed by atoms with Crippen LogP contribution in [0.4, 0.5) is 0 Å². The molecule has 106 valence electrons. The van der Waals surface area contributed by atoms with Gasteiger partial charge in [-0.05, 0) is 0 Å². The molecule has 0 aromatic carbocycles. The van der Waals surface area contributed by atoms with Gasteiger partial charge in [-0.25, -0.2) is 0 Å². The fourth-order valence-corrected chi connectivity index (χ4v) is 7.86. The summed E-state index contributed by atoms with van der Waals surface area (Å²) in [5, 5.41) is 9.34. The maximum atomic E-state index is 11.3. The van der Waals surface area contributed by atoms with E-state index < -0.39 is 6.83 Å². The Morgan fingerprint density at radius 2 is 1.06 bits per heavy atom. The fourth-order valence-electron chi connectivity index (χ4n) is 2.62. The molecule has 0 unspecified atom stereocenters. The summed E-state index contributed by atoms with van der Waals surface area (Å²) in [5.74, 6) is 0. The molecule has 3 heteroatoms. The molecule has 0 radical (unpaired) electrons. The van der Waals surface area contributed by atoms with Gasteiger partial charge in [-0.3, -0.25) is 0 Å². The Bertz CT molecular complexity index is 170. The van der Waals surface area contributed by atoms with Crippen molar-refractivity contribution in [1.82, 2.24) is 0 Å². The second-order valence-corrected chi connectivity index (χ2v) is 11.2. The van der Waals surface area contributed by atoms with Gasteiger partial charge in [-0.15, -0.1) is 0 Å². The minimum absolute atomic E-state index is 0.158. The summed E-state index contributed by atoms with van der Waals surface area (Å²) < 4.78 is 0. The molecule has 0 spiro atoms. The van der Waals surface area contributed by atoms with Crippen LogP contribution in [0.1, 0.15) is 59.3 Å². The van der Waals surface area contributed by atoms with Crippen molar-refractivity contribution in [3.63, 3.8) is 0 Å². The molecular formula is C14H33O2P. The topological polar surface area (TPSA) is 40.5 Å². The van der Waals surface area contributed by atoms with E-state index in [1.54, 1.807) is 0 Å². The Hall–Kier alpha value is 0.350. The summed E-state index contributed by atoms with van der Waals surface area (Å²) in [4.78, 5) is 11.3. The van der Waals surface area contributed by atoms with E-state index in [2.05, 4.69) is 20.8 Å². The molecule has 2 nitrogen and oxygen atoms in total. The van der Waals surface area contributed by atoms with E-state index in [1.807, 2.05) is 0 Å². The van der Waals surface area contributed by atoms with E-state index >= 15 is 0 Å². The van der Waals surface area contributed by atoms with Crippen molar-refractivity contribution in [2.45, 2.75) is 59.3 Å². The third-order valence-electron chi connectivity index (χ3n) is 3.93. The van der Waals surface area contributed by atoms with Crippen LogP contribution in [0.15, 0.2) is 0 Å². The molecule has 0 aliphatic heterocycles. The summed E-state index contributed by atoms with van der Waals surface area (Å²) in [5.41, 5.74) is 0. The van der Waals surface area contributed by atoms with Gasteiger partial charge in [0.25, 0.3) is 0 Å². The number of aliphatic hydroxyl groups is 1. The van der Waals surface area contributed by atoms with Crippen molar-refractivity contribution in [3.8, 4) is 0 Å². The van der Waals surface area contributed by atoms with Gasteiger partial charge < -0.3 is 0 Å². The molecule has 0 saturated carbocycles. The molecule has 0 aromatic heterocycles. The first-order valence-electron chi connectivity index (χ1n) is 7.40. The molecule has 2 N–H and O–H groups in total. The van der Waals surface area contributed by atoms with Crippen LogP contribution in [0.5, 0.6) is 0 Å². The third-order valence-corrected chi connectivity index (χ3v) is 9.68. The second kappa shape index (κ2) is 8.45. The summed E-state index contributed by atoms with van der Waals surface area (Å²) in [6.45, 7) is 4.11. The maximum absolute atomic E-state index is 11.3. The summed E-state index contributed by atoms with van der Waals surface area (Å²) in [6, 6.07) is 0. The van der Waals surface area contributed by atoms with Crippen LogP contribution in [-0.4, -0.2) is 41.3 Å². The normalized spacial score (nSPS) is 14.5. The quantitative estimate of drug-likeness (QED) is 0.557. The zero-order valence-corrected chi connectivity index (χ0v) is 13.0. The molecular weight excluding hydrogens is 231 g/mol. The SMILES string of the molecule is CCCCP(O)(CCO)(CCCC)CCCC. The van der Waals surface area contributed by atoms with Gasteiger partial charge in [-0.2, -0.15) is 0 Å². The van der Waals surface area contributed by atoms with Gasteiger partial charge in [0, 0.05) is 0 Å². The number of rotatable bonds is 11.